The molecule has 26 heavy (non-hydrogen) atoms. The van der Waals surface area contributed by atoms with E-state index in [0.717, 1.165) is 0 Å². The summed E-state index contributed by atoms with van der Waals surface area (Å²) in [5, 5.41) is 8.49. The van der Waals surface area contributed by atoms with Gasteiger partial charge in [-0.3, -0.25) is 9.59 Å². The molecule has 0 saturated heterocycles. The van der Waals surface area contributed by atoms with Crippen LogP contribution in [0.3, 0.4) is 0 Å². The lowest BCUT2D eigenvalue weighted by Gasteiger charge is -2.11. The number of anilines is 3. The van der Waals surface area contributed by atoms with Crippen molar-refractivity contribution in [3.63, 3.8) is 0 Å². The summed E-state index contributed by atoms with van der Waals surface area (Å²) in [7, 11) is 1.32. The lowest BCUT2D eigenvalue weighted by molar-refractivity contribution is -0.116. The third kappa shape index (κ3) is 5.62. The Balaban J connectivity index is 1.88. The van der Waals surface area contributed by atoms with Crippen molar-refractivity contribution < 1.29 is 19.1 Å². The van der Waals surface area contributed by atoms with E-state index in [1.54, 1.807) is 48.5 Å². The van der Waals surface area contributed by atoms with E-state index in [1.807, 2.05) is 0 Å². The fourth-order valence-electron chi connectivity index (χ4n) is 2.34. The molecular formula is C19H21N3O4. The predicted molar refractivity (Wildman–Crippen MR) is 100 cm³/mol. The number of nitrogens with one attached hydrogen (secondary N) is 3. The van der Waals surface area contributed by atoms with Crippen LogP contribution in [0.2, 0.25) is 0 Å². The Labute approximate surface area is 151 Å². The Hall–Kier alpha value is -3.35. The molecule has 0 fully saturated rings. The molecule has 2 aromatic carbocycles. The van der Waals surface area contributed by atoms with Gasteiger partial charge < -0.3 is 20.7 Å². The number of esters is 1. The van der Waals surface area contributed by atoms with E-state index in [9.17, 15) is 14.4 Å². The second-order valence-corrected chi connectivity index (χ2v) is 5.52. The van der Waals surface area contributed by atoms with E-state index < -0.39 is 5.97 Å². The van der Waals surface area contributed by atoms with E-state index in [1.165, 1.54) is 14.0 Å². The molecule has 0 bridgehead atoms. The second kappa shape index (κ2) is 9.22. The van der Waals surface area contributed by atoms with Crippen LogP contribution < -0.4 is 16.0 Å². The van der Waals surface area contributed by atoms with Crippen LogP contribution in [0.5, 0.6) is 0 Å². The topological polar surface area (TPSA) is 96.5 Å². The molecule has 0 unspecified atom stereocenters. The number of para-hydroxylation sites is 1. The highest BCUT2D eigenvalue weighted by molar-refractivity contribution is 5.96. The lowest BCUT2D eigenvalue weighted by atomic mass is 10.1. The van der Waals surface area contributed by atoms with Gasteiger partial charge in [-0.25, -0.2) is 4.79 Å². The highest BCUT2D eigenvalue weighted by atomic mass is 16.5. The third-order valence-electron chi connectivity index (χ3n) is 3.47. The van der Waals surface area contributed by atoms with E-state index in [4.69, 9.17) is 4.74 Å². The van der Waals surface area contributed by atoms with Gasteiger partial charge in [0.15, 0.2) is 0 Å². The summed E-state index contributed by atoms with van der Waals surface area (Å²) in [6.07, 6.45) is 0.208. The SMILES string of the molecule is COC(=O)c1ccccc1NCCC(=O)Nc1cccc(NC(C)=O)c1. The number of benzene rings is 2. The largest absolute Gasteiger partial charge is 0.465 e. The monoisotopic (exact) mass is 355 g/mol. The molecule has 0 aliphatic heterocycles. The maximum absolute atomic E-state index is 12.1. The molecular weight excluding hydrogens is 334 g/mol. The van der Waals surface area contributed by atoms with Crippen LogP contribution in [-0.4, -0.2) is 31.4 Å². The zero-order valence-corrected chi connectivity index (χ0v) is 14.7. The normalized spacial score (nSPS) is 9.92. The molecule has 7 heteroatoms. The lowest BCUT2D eigenvalue weighted by Crippen LogP contribution is -2.17. The first-order chi connectivity index (χ1) is 12.5. The van der Waals surface area contributed by atoms with Gasteiger partial charge in [0, 0.05) is 37.0 Å². The first-order valence-electron chi connectivity index (χ1n) is 8.08. The fraction of sp³-hybridized carbons (Fsp3) is 0.211. The molecule has 2 amide bonds. The summed E-state index contributed by atoms with van der Waals surface area (Å²) in [6.45, 7) is 1.77. The Bertz CT molecular complexity index is 805. The minimum Gasteiger partial charge on any atom is -0.465 e. The number of amides is 2. The van der Waals surface area contributed by atoms with Gasteiger partial charge in [0.1, 0.15) is 0 Å². The van der Waals surface area contributed by atoms with Crippen LogP contribution in [0.1, 0.15) is 23.7 Å². The summed E-state index contributed by atoms with van der Waals surface area (Å²) in [6, 6.07) is 13.8. The average Bonchev–Trinajstić information content (AvgIpc) is 2.61. The third-order valence-corrected chi connectivity index (χ3v) is 3.47. The van der Waals surface area contributed by atoms with E-state index in [0.29, 0.717) is 29.2 Å². The van der Waals surface area contributed by atoms with Crippen molar-refractivity contribution in [2.45, 2.75) is 13.3 Å². The number of methoxy groups -OCH3 is 1. The highest BCUT2D eigenvalue weighted by Gasteiger charge is 2.11. The molecule has 0 aliphatic rings. The fourth-order valence-corrected chi connectivity index (χ4v) is 2.34. The Morgan fingerprint density at radius 1 is 0.962 bits per heavy atom. The zero-order valence-electron chi connectivity index (χ0n) is 14.7. The first-order valence-corrected chi connectivity index (χ1v) is 8.08. The van der Waals surface area contributed by atoms with Crippen LogP contribution in [-0.2, 0) is 14.3 Å². The maximum atomic E-state index is 12.1. The molecule has 7 nitrogen and oxygen atoms in total. The summed E-state index contributed by atoms with van der Waals surface area (Å²) in [5.41, 5.74) is 2.23. The zero-order chi connectivity index (χ0) is 18.9. The average molecular weight is 355 g/mol. The van der Waals surface area contributed by atoms with Gasteiger partial charge in [-0.2, -0.15) is 0 Å². The summed E-state index contributed by atoms with van der Waals surface area (Å²) in [4.78, 5) is 34.9. The van der Waals surface area contributed by atoms with Crippen molar-refractivity contribution in [2.75, 3.05) is 29.6 Å². The minimum atomic E-state index is -0.438. The number of carbonyl (C=O) groups excluding carboxylic acids is 3. The van der Waals surface area contributed by atoms with Gasteiger partial charge in [-0.05, 0) is 30.3 Å². The number of hydrogen-bond acceptors (Lipinski definition) is 5. The van der Waals surface area contributed by atoms with Crippen molar-refractivity contribution >= 4 is 34.8 Å². The second-order valence-electron chi connectivity index (χ2n) is 5.52. The maximum Gasteiger partial charge on any atom is 0.339 e. The smallest absolute Gasteiger partial charge is 0.339 e. The molecule has 0 spiro atoms. The van der Waals surface area contributed by atoms with Gasteiger partial charge in [-0.15, -0.1) is 0 Å². The first kappa shape index (κ1) is 19.0. The predicted octanol–water partition coefficient (Wildman–Crippen LogP) is 2.87. The number of rotatable bonds is 7. The summed E-state index contributed by atoms with van der Waals surface area (Å²) >= 11 is 0. The summed E-state index contributed by atoms with van der Waals surface area (Å²) in [5.74, 6) is -0.803. The number of hydrogen-bond donors (Lipinski definition) is 3. The van der Waals surface area contributed by atoms with Crippen molar-refractivity contribution in [2.24, 2.45) is 0 Å². The quantitative estimate of drug-likeness (QED) is 0.664. The molecule has 3 N–H and O–H groups in total. The van der Waals surface area contributed by atoms with Crippen molar-refractivity contribution in [1.82, 2.24) is 0 Å². The Morgan fingerprint density at radius 2 is 1.65 bits per heavy atom. The molecule has 0 aromatic heterocycles. The van der Waals surface area contributed by atoms with Crippen LogP contribution >= 0.6 is 0 Å². The standard InChI is InChI=1S/C19H21N3O4/c1-13(23)21-14-6-5-7-15(12-14)22-18(24)10-11-20-17-9-4-3-8-16(17)19(25)26-2/h3-9,12,20H,10-11H2,1-2H3,(H,21,23)(H,22,24). The van der Waals surface area contributed by atoms with Crippen LogP contribution in [0.15, 0.2) is 48.5 Å². The Morgan fingerprint density at radius 3 is 2.35 bits per heavy atom. The van der Waals surface area contributed by atoms with Crippen molar-refractivity contribution in [3.05, 3.63) is 54.1 Å². The van der Waals surface area contributed by atoms with Crippen molar-refractivity contribution in [1.29, 1.82) is 0 Å². The van der Waals surface area contributed by atoms with E-state index in [-0.39, 0.29) is 18.2 Å². The summed E-state index contributed by atoms with van der Waals surface area (Å²) < 4.78 is 4.73. The van der Waals surface area contributed by atoms with E-state index >= 15 is 0 Å². The molecule has 0 aliphatic carbocycles. The molecule has 2 aromatic rings. The molecule has 0 radical (unpaired) electrons. The van der Waals surface area contributed by atoms with Gasteiger partial charge in [0.25, 0.3) is 0 Å². The van der Waals surface area contributed by atoms with Gasteiger partial charge in [-0.1, -0.05) is 18.2 Å². The van der Waals surface area contributed by atoms with Gasteiger partial charge in [0.05, 0.1) is 12.7 Å². The number of carbonyl (C=O) groups is 3. The minimum absolute atomic E-state index is 0.179. The van der Waals surface area contributed by atoms with Crippen molar-refractivity contribution in [3.8, 4) is 0 Å². The molecule has 2 rings (SSSR count). The van der Waals surface area contributed by atoms with Crippen LogP contribution in [0, 0.1) is 0 Å². The van der Waals surface area contributed by atoms with Crippen LogP contribution in [0.25, 0.3) is 0 Å². The molecule has 0 atom stereocenters. The number of ether oxygens (including phenoxy) is 1. The molecule has 0 saturated carbocycles. The highest BCUT2D eigenvalue weighted by Crippen LogP contribution is 2.17. The van der Waals surface area contributed by atoms with E-state index in [2.05, 4.69) is 16.0 Å². The van der Waals surface area contributed by atoms with Crippen LogP contribution in [0.4, 0.5) is 17.1 Å². The molecule has 136 valence electrons. The van der Waals surface area contributed by atoms with Gasteiger partial charge >= 0.3 is 5.97 Å². The van der Waals surface area contributed by atoms with Gasteiger partial charge in [0.2, 0.25) is 11.8 Å². The molecule has 0 heterocycles. The Kier molecular flexibility index (Phi) is 6.73.